The highest BCUT2D eigenvalue weighted by atomic mass is 16.2. The normalized spacial score (nSPS) is 12.8. The lowest BCUT2D eigenvalue weighted by molar-refractivity contribution is 0.0925. The van der Waals surface area contributed by atoms with Crippen LogP contribution < -0.4 is 10.2 Å². The predicted molar refractivity (Wildman–Crippen MR) is 113 cm³/mol. The molecule has 0 radical (unpaired) electrons. The van der Waals surface area contributed by atoms with Gasteiger partial charge in [-0.25, -0.2) is 4.90 Å². The zero-order chi connectivity index (χ0) is 20.5. The molecule has 5 nitrogen and oxygen atoms in total. The minimum Gasteiger partial charge on any atom is -0.322 e. The van der Waals surface area contributed by atoms with Crippen LogP contribution in [0.3, 0.4) is 0 Å². The first-order chi connectivity index (χ1) is 14.0. The number of anilines is 2. The molecule has 1 heterocycles. The third kappa shape index (κ3) is 3.31. The number of benzene rings is 3. The van der Waals surface area contributed by atoms with E-state index in [1.807, 2.05) is 43.3 Å². The van der Waals surface area contributed by atoms with Crippen molar-refractivity contribution in [3.05, 3.63) is 94.5 Å². The molecule has 0 fully saturated rings. The molecule has 0 saturated carbocycles. The minimum atomic E-state index is -0.416. The lowest BCUT2D eigenvalue weighted by atomic mass is 10.1. The molecule has 1 aliphatic rings. The number of fused-ring (bicyclic) bond motifs is 1. The van der Waals surface area contributed by atoms with Gasteiger partial charge in [0, 0.05) is 11.3 Å². The van der Waals surface area contributed by atoms with Crippen molar-refractivity contribution in [2.45, 2.75) is 20.3 Å². The number of imide groups is 1. The van der Waals surface area contributed by atoms with Gasteiger partial charge in [0.2, 0.25) is 0 Å². The maximum atomic E-state index is 12.9. The lowest BCUT2D eigenvalue weighted by Crippen LogP contribution is -2.29. The quantitative estimate of drug-likeness (QED) is 0.668. The van der Waals surface area contributed by atoms with Gasteiger partial charge in [-0.3, -0.25) is 14.4 Å². The van der Waals surface area contributed by atoms with Crippen LogP contribution in [-0.4, -0.2) is 17.7 Å². The number of rotatable bonds is 4. The van der Waals surface area contributed by atoms with Gasteiger partial charge in [-0.1, -0.05) is 37.3 Å². The van der Waals surface area contributed by atoms with Crippen LogP contribution in [-0.2, 0) is 6.42 Å². The Hall–Kier alpha value is -3.73. The molecular weight excluding hydrogens is 364 g/mol. The Morgan fingerprint density at radius 1 is 0.897 bits per heavy atom. The van der Waals surface area contributed by atoms with Gasteiger partial charge in [0.25, 0.3) is 17.7 Å². The zero-order valence-corrected chi connectivity index (χ0v) is 16.2. The molecule has 1 N–H and O–H groups in total. The first-order valence-electron chi connectivity index (χ1n) is 9.48. The Balaban J connectivity index is 1.61. The summed E-state index contributed by atoms with van der Waals surface area (Å²) in [5, 5.41) is 2.83. The topological polar surface area (TPSA) is 66.5 Å². The van der Waals surface area contributed by atoms with Crippen molar-refractivity contribution >= 4 is 29.1 Å². The molecule has 0 atom stereocenters. The van der Waals surface area contributed by atoms with E-state index in [2.05, 4.69) is 12.2 Å². The van der Waals surface area contributed by atoms with Gasteiger partial charge in [0.15, 0.2) is 0 Å². The van der Waals surface area contributed by atoms with E-state index in [4.69, 9.17) is 0 Å². The molecule has 0 aliphatic carbocycles. The van der Waals surface area contributed by atoms with Gasteiger partial charge < -0.3 is 5.32 Å². The highest BCUT2D eigenvalue weighted by Gasteiger charge is 2.37. The summed E-state index contributed by atoms with van der Waals surface area (Å²) in [5.41, 5.74) is 4.12. The zero-order valence-electron chi connectivity index (χ0n) is 16.2. The van der Waals surface area contributed by atoms with Gasteiger partial charge >= 0.3 is 0 Å². The highest BCUT2D eigenvalue weighted by Crippen LogP contribution is 2.31. The fourth-order valence-electron chi connectivity index (χ4n) is 3.44. The molecule has 0 bridgehead atoms. The summed E-state index contributed by atoms with van der Waals surface area (Å²) in [5.74, 6) is -1.12. The molecule has 0 unspecified atom stereocenters. The number of nitrogens with one attached hydrogen (secondary N) is 1. The third-order valence-corrected chi connectivity index (χ3v) is 5.13. The van der Waals surface area contributed by atoms with E-state index in [0.717, 1.165) is 12.0 Å². The van der Waals surface area contributed by atoms with Crippen molar-refractivity contribution < 1.29 is 14.4 Å². The van der Waals surface area contributed by atoms with Crippen molar-refractivity contribution in [3.63, 3.8) is 0 Å². The molecular formula is C24H20N2O3. The van der Waals surface area contributed by atoms with Crippen LogP contribution in [0.4, 0.5) is 11.4 Å². The van der Waals surface area contributed by atoms with E-state index in [0.29, 0.717) is 22.5 Å². The molecule has 4 rings (SSSR count). The highest BCUT2D eigenvalue weighted by molar-refractivity contribution is 6.35. The summed E-state index contributed by atoms with van der Waals surface area (Å²) in [6.07, 6.45) is 0.923. The third-order valence-electron chi connectivity index (χ3n) is 5.13. The van der Waals surface area contributed by atoms with E-state index < -0.39 is 5.91 Å². The molecule has 5 heteroatoms. The average Bonchev–Trinajstić information content (AvgIpc) is 2.99. The number of nitrogens with zero attached hydrogens (tertiary/aromatic N) is 1. The Kier molecular flexibility index (Phi) is 4.72. The molecule has 29 heavy (non-hydrogen) atoms. The number of hydrogen-bond acceptors (Lipinski definition) is 3. The van der Waals surface area contributed by atoms with Crippen LogP contribution in [0.1, 0.15) is 49.1 Å². The second-order valence-electron chi connectivity index (χ2n) is 7.00. The number of para-hydroxylation sites is 1. The van der Waals surface area contributed by atoms with Crippen LogP contribution in [0.5, 0.6) is 0 Å². The molecule has 0 saturated heterocycles. The van der Waals surface area contributed by atoms with Gasteiger partial charge in [-0.05, 0) is 60.9 Å². The Bertz CT molecular complexity index is 1130. The summed E-state index contributed by atoms with van der Waals surface area (Å²) in [4.78, 5) is 39.5. The number of amides is 3. The monoisotopic (exact) mass is 384 g/mol. The maximum absolute atomic E-state index is 12.9. The van der Waals surface area contributed by atoms with Crippen molar-refractivity contribution in [2.75, 3.05) is 10.2 Å². The SMILES string of the molecule is CCc1ccc(NC(=O)c2ccc3c(c2)C(=O)N(c2ccccc2C)C3=O)cc1. The number of carbonyl (C=O) groups excluding carboxylic acids is 3. The fourth-order valence-corrected chi connectivity index (χ4v) is 3.44. The summed E-state index contributed by atoms with van der Waals surface area (Å²) < 4.78 is 0. The average molecular weight is 384 g/mol. The number of carbonyl (C=O) groups is 3. The molecule has 0 spiro atoms. The van der Waals surface area contributed by atoms with Crippen LogP contribution >= 0.6 is 0 Å². The molecule has 3 amide bonds. The largest absolute Gasteiger partial charge is 0.322 e. The minimum absolute atomic E-state index is 0.243. The molecule has 1 aliphatic heterocycles. The maximum Gasteiger partial charge on any atom is 0.266 e. The van der Waals surface area contributed by atoms with Gasteiger partial charge in [0.05, 0.1) is 16.8 Å². The van der Waals surface area contributed by atoms with Crippen LogP contribution in [0.2, 0.25) is 0 Å². The van der Waals surface area contributed by atoms with Crippen molar-refractivity contribution in [2.24, 2.45) is 0 Å². The van der Waals surface area contributed by atoms with E-state index in [-0.39, 0.29) is 17.4 Å². The molecule has 0 aromatic heterocycles. The van der Waals surface area contributed by atoms with Gasteiger partial charge in [-0.2, -0.15) is 0 Å². The van der Waals surface area contributed by atoms with Crippen molar-refractivity contribution in [3.8, 4) is 0 Å². The van der Waals surface area contributed by atoms with Crippen LogP contribution in [0.25, 0.3) is 0 Å². The Morgan fingerprint density at radius 3 is 2.28 bits per heavy atom. The van der Waals surface area contributed by atoms with E-state index in [1.165, 1.54) is 16.5 Å². The van der Waals surface area contributed by atoms with E-state index in [1.54, 1.807) is 24.3 Å². The van der Waals surface area contributed by atoms with Crippen molar-refractivity contribution in [1.29, 1.82) is 0 Å². The summed E-state index contributed by atoms with van der Waals surface area (Å²) in [6.45, 7) is 3.91. The standard InChI is InChI=1S/C24H20N2O3/c1-3-16-8-11-18(12-9-16)25-22(27)17-10-13-19-20(14-17)24(29)26(23(19)28)21-7-5-4-6-15(21)2/h4-14H,3H2,1-2H3,(H,25,27). The Labute approximate surface area is 169 Å². The van der Waals surface area contributed by atoms with E-state index in [9.17, 15) is 14.4 Å². The summed E-state index contributed by atoms with van der Waals surface area (Å²) >= 11 is 0. The second kappa shape index (κ2) is 7.36. The smallest absolute Gasteiger partial charge is 0.266 e. The fraction of sp³-hybridized carbons (Fsp3) is 0.125. The summed E-state index contributed by atoms with van der Waals surface area (Å²) in [7, 11) is 0. The van der Waals surface area contributed by atoms with E-state index >= 15 is 0 Å². The molecule has 3 aromatic carbocycles. The number of aryl methyl sites for hydroxylation is 2. The Morgan fingerprint density at radius 2 is 1.59 bits per heavy atom. The van der Waals surface area contributed by atoms with Crippen LogP contribution in [0.15, 0.2) is 66.7 Å². The summed E-state index contributed by atoms with van der Waals surface area (Å²) in [6, 6.07) is 19.4. The van der Waals surface area contributed by atoms with Crippen LogP contribution in [0, 0.1) is 6.92 Å². The van der Waals surface area contributed by atoms with Gasteiger partial charge in [0.1, 0.15) is 0 Å². The molecule has 144 valence electrons. The predicted octanol–water partition coefficient (Wildman–Crippen LogP) is 4.61. The lowest BCUT2D eigenvalue weighted by Gasteiger charge is -2.16. The van der Waals surface area contributed by atoms with Gasteiger partial charge in [-0.15, -0.1) is 0 Å². The molecule has 3 aromatic rings. The van der Waals surface area contributed by atoms with Crippen molar-refractivity contribution in [1.82, 2.24) is 0 Å². The first kappa shape index (κ1) is 18.6. The first-order valence-corrected chi connectivity index (χ1v) is 9.48. The number of hydrogen-bond donors (Lipinski definition) is 1. The second-order valence-corrected chi connectivity index (χ2v) is 7.00.